The Morgan fingerprint density at radius 2 is 1.62 bits per heavy atom. The molecule has 0 aromatic rings. The van der Waals surface area contributed by atoms with E-state index in [1.807, 2.05) is 0 Å². The van der Waals surface area contributed by atoms with Crippen LogP contribution in [0, 0.1) is 23.7 Å². The van der Waals surface area contributed by atoms with E-state index in [1.165, 1.54) is 38.8 Å². The van der Waals surface area contributed by atoms with E-state index in [-0.39, 0.29) is 0 Å². The Kier molecular flexibility index (Phi) is 2.92. The average Bonchev–Trinajstić information content (AvgIpc) is 2.52. The van der Waals surface area contributed by atoms with E-state index in [0.29, 0.717) is 0 Å². The van der Waals surface area contributed by atoms with E-state index in [2.05, 4.69) is 19.2 Å². The Balaban J connectivity index is 1.97. The van der Waals surface area contributed by atoms with Crippen molar-refractivity contribution in [2.45, 2.75) is 39.5 Å². The molecule has 0 bridgehead atoms. The molecule has 2 aliphatic rings. The van der Waals surface area contributed by atoms with Gasteiger partial charge in [-0.3, -0.25) is 0 Å². The van der Waals surface area contributed by atoms with Gasteiger partial charge < -0.3 is 5.32 Å². The zero-order valence-corrected chi connectivity index (χ0v) is 9.05. The molecule has 76 valence electrons. The van der Waals surface area contributed by atoms with Gasteiger partial charge in [0.15, 0.2) is 0 Å². The fourth-order valence-electron chi connectivity index (χ4n) is 3.38. The molecule has 1 nitrogen and oxygen atoms in total. The van der Waals surface area contributed by atoms with E-state index >= 15 is 0 Å². The van der Waals surface area contributed by atoms with Crippen LogP contribution in [0.3, 0.4) is 0 Å². The summed E-state index contributed by atoms with van der Waals surface area (Å²) < 4.78 is 0. The summed E-state index contributed by atoms with van der Waals surface area (Å²) in [5.41, 5.74) is 0. The highest BCUT2D eigenvalue weighted by molar-refractivity contribution is 4.87. The lowest BCUT2D eigenvalue weighted by molar-refractivity contribution is 0.159. The summed E-state index contributed by atoms with van der Waals surface area (Å²) in [6.45, 7) is 7.44. The highest BCUT2D eigenvalue weighted by Crippen LogP contribution is 2.39. The molecular formula is C12H23N. The standard InChI is InChI=1S/C12H23N/c1-9-5-3-4-6-11(9)12-8-13-7-10(12)2/h9-13H,3-8H2,1-2H3. The molecule has 4 unspecified atom stereocenters. The van der Waals surface area contributed by atoms with Gasteiger partial charge in [-0.2, -0.15) is 0 Å². The van der Waals surface area contributed by atoms with Crippen LogP contribution < -0.4 is 5.32 Å². The normalized spacial score (nSPS) is 46.6. The molecule has 1 saturated heterocycles. The van der Waals surface area contributed by atoms with E-state index in [1.54, 1.807) is 0 Å². The maximum absolute atomic E-state index is 3.54. The van der Waals surface area contributed by atoms with Gasteiger partial charge in [-0.15, -0.1) is 0 Å². The molecule has 4 atom stereocenters. The number of rotatable bonds is 1. The van der Waals surface area contributed by atoms with Crippen LogP contribution in [-0.4, -0.2) is 13.1 Å². The average molecular weight is 181 g/mol. The van der Waals surface area contributed by atoms with Gasteiger partial charge in [-0.1, -0.05) is 33.1 Å². The van der Waals surface area contributed by atoms with Crippen LogP contribution in [0.25, 0.3) is 0 Å². The van der Waals surface area contributed by atoms with Crippen LogP contribution in [0.1, 0.15) is 39.5 Å². The maximum atomic E-state index is 3.54. The Morgan fingerprint density at radius 3 is 2.23 bits per heavy atom. The quantitative estimate of drug-likeness (QED) is 0.656. The first-order valence-corrected chi connectivity index (χ1v) is 5.99. The van der Waals surface area contributed by atoms with E-state index < -0.39 is 0 Å². The second-order valence-corrected chi connectivity index (χ2v) is 5.22. The molecule has 1 heterocycles. The molecule has 1 heteroatoms. The predicted octanol–water partition coefficient (Wildman–Crippen LogP) is 2.67. The molecule has 13 heavy (non-hydrogen) atoms. The van der Waals surface area contributed by atoms with Crippen LogP contribution in [0.5, 0.6) is 0 Å². The molecule has 0 aromatic carbocycles. The molecule has 2 rings (SSSR count). The first kappa shape index (κ1) is 9.51. The van der Waals surface area contributed by atoms with Crippen molar-refractivity contribution in [1.82, 2.24) is 5.32 Å². The summed E-state index contributed by atoms with van der Waals surface area (Å²) >= 11 is 0. The minimum Gasteiger partial charge on any atom is -0.316 e. The molecule has 1 saturated carbocycles. The molecule has 2 fully saturated rings. The topological polar surface area (TPSA) is 12.0 Å². The van der Waals surface area contributed by atoms with Crippen molar-refractivity contribution in [2.75, 3.05) is 13.1 Å². The largest absolute Gasteiger partial charge is 0.316 e. The minimum atomic E-state index is 0.922. The third-order valence-electron chi connectivity index (χ3n) is 4.31. The Bertz CT molecular complexity index is 167. The molecular weight excluding hydrogens is 158 g/mol. The van der Waals surface area contributed by atoms with E-state index in [4.69, 9.17) is 0 Å². The van der Waals surface area contributed by atoms with Crippen molar-refractivity contribution < 1.29 is 0 Å². The molecule has 1 aliphatic carbocycles. The smallest absolute Gasteiger partial charge is 0.00146 e. The summed E-state index contributed by atoms with van der Waals surface area (Å²) in [5.74, 6) is 3.92. The summed E-state index contributed by atoms with van der Waals surface area (Å²) in [4.78, 5) is 0. The van der Waals surface area contributed by atoms with Crippen LogP contribution in [0.4, 0.5) is 0 Å². The molecule has 0 radical (unpaired) electrons. The third kappa shape index (κ3) is 1.90. The summed E-state index contributed by atoms with van der Waals surface area (Å²) in [5, 5.41) is 3.54. The van der Waals surface area contributed by atoms with E-state index in [9.17, 15) is 0 Å². The van der Waals surface area contributed by atoms with Gasteiger partial charge in [0.25, 0.3) is 0 Å². The van der Waals surface area contributed by atoms with Crippen molar-refractivity contribution in [1.29, 1.82) is 0 Å². The summed E-state index contributed by atoms with van der Waals surface area (Å²) in [6, 6.07) is 0. The lowest BCUT2D eigenvalue weighted by Gasteiger charge is -2.35. The highest BCUT2D eigenvalue weighted by atomic mass is 14.9. The Morgan fingerprint density at radius 1 is 0.846 bits per heavy atom. The SMILES string of the molecule is CC1CCCCC1C1CNCC1C. The van der Waals surface area contributed by atoms with Gasteiger partial charge in [0.2, 0.25) is 0 Å². The van der Waals surface area contributed by atoms with Crippen molar-refractivity contribution >= 4 is 0 Å². The van der Waals surface area contributed by atoms with Gasteiger partial charge in [-0.25, -0.2) is 0 Å². The Hall–Kier alpha value is -0.0400. The molecule has 1 aliphatic heterocycles. The van der Waals surface area contributed by atoms with Crippen LogP contribution in [0.15, 0.2) is 0 Å². The minimum absolute atomic E-state index is 0.922. The number of hydrogen-bond donors (Lipinski definition) is 1. The highest BCUT2D eigenvalue weighted by Gasteiger charge is 2.34. The number of hydrogen-bond acceptors (Lipinski definition) is 1. The van der Waals surface area contributed by atoms with Gasteiger partial charge in [-0.05, 0) is 43.2 Å². The summed E-state index contributed by atoms with van der Waals surface area (Å²) in [7, 11) is 0. The van der Waals surface area contributed by atoms with Crippen molar-refractivity contribution in [3.63, 3.8) is 0 Å². The molecule has 0 aromatic heterocycles. The summed E-state index contributed by atoms with van der Waals surface area (Å²) in [6.07, 6.45) is 5.94. The molecule has 0 amide bonds. The number of nitrogens with one attached hydrogen (secondary N) is 1. The lowest BCUT2D eigenvalue weighted by atomic mass is 9.70. The van der Waals surface area contributed by atoms with E-state index in [0.717, 1.165) is 23.7 Å². The maximum Gasteiger partial charge on any atom is -0.00146 e. The van der Waals surface area contributed by atoms with Crippen LogP contribution in [0.2, 0.25) is 0 Å². The molecule has 1 N–H and O–H groups in total. The fraction of sp³-hybridized carbons (Fsp3) is 1.00. The van der Waals surface area contributed by atoms with Gasteiger partial charge in [0, 0.05) is 0 Å². The zero-order chi connectivity index (χ0) is 9.26. The van der Waals surface area contributed by atoms with Crippen molar-refractivity contribution in [3.05, 3.63) is 0 Å². The van der Waals surface area contributed by atoms with Crippen molar-refractivity contribution in [3.8, 4) is 0 Å². The second-order valence-electron chi connectivity index (χ2n) is 5.22. The van der Waals surface area contributed by atoms with Gasteiger partial charge >= 0.3 is 0 Å². The van der Waals surface area contributed by atoms with Crippen molar-refractivity contribution in [2.24, 2.45) is 23.7 Å². The van der Waals surface area contributed by atoms with Crippen LogP contribution in [-0.2, 0) is 0 Å². The van der Waals surface area contributed by atoms with Gasteiger partial charge in [0.05, 0.1) is 0 Å². The Labute approximate surface area is 82.3 Å². The lowest BCUT2D eigenvalue weighted by Crippen LogP contribution is -2.29. The predicted molar refractivity (Wildman–Crippen MR) is 56.6 cm³/mol. The first-order chi connectivity index (χ1) is 6.29. The fourth-order valence-corrected chi connectivity index (χ4v) is 3.38. The second kappa shape index (κ2) is 4.00. The first-order valence-electron chi connectivity index (χ1n) is 5.99. The van der Waals surface area contributed by atoms with Gasteiger partial charge in [0.1, 0.15) is 0 Å². The molecule has 0 spiro atoms. The monoisotopic (exact) mass is 181 g/mol. The third-order valence-corrected chi connectivity index (χ3v) is 4.31. The zero-order valence-electron chi connectivity index (χ0n) is 9.05. The van der Waals surface area contributed by atoms with Crippen LogP contribution >= 0.6 is 0 Å².